The third-order valence-corrected chi connectivity index (χ3v) is 5.45. The molecule has 1 saturated heterocycles. The van der Waals surface area contributed by atoms with Gasteiger partial charge in [-0.15, -0.1) is 24.0 Å². The number of esters is 1. The van der Waals surface area contributed by atoms with Gasteiger partial charge in [0.2, 0.25) is 0 Å². The van der Waals surface area contributed by atoms with Crippen LogP contribution in [0.4, 0.5) is 0 Å². The summed E-state index contributed by atoms with van der Waals surface area (Å²) in [6, 6.07) is 4.09. The monoisotopic (exact) mass is 517 g/mol. The first kappa shape index (κ1) is 23.6. The Balaban J connectivity index is 0.00000300. The number of hydrogen-bond donors (Lipinski definition) is 1. The molecule has 3 rings (SSSR count). The van der Waals surface area contributed by atoms with Crippen molar-refractivity contribution >= 4 is 35.9 Å². The summed E-state index contributed by atoms with van der Waals surface area (Å²) in [5.41, 5.74) is 2.17. The predicted octanol–water partition coefficient (Wildman–Crippen LogP) is 2.84. The number of carbonyl (C=O) groups is 1. The Kier molecular flexibility index (Phi) is 8.42. The van der Waals surface area contributed by atoms with Crippen LogP contribution in [0.5, 0.6) is 11.5 Å². The molecule has 162 valence electrons. The van der Waals surface area contributed by atoms with Gasteiger partial charge in [0, 0.05) is 37.2 Å². The van der Waals surface area contributed by atoms with Crippen molar-refractivity contribution in [2.75, 3.05) is 33.9 Å². The molecule has 0 amide bonds. The van der Waals surface area contributed by atoms with E-state index in [0.717, 1.165) is 42.5 Å². The van der Waals surface area contributed by atoms with Crippen LogP contribution in [0.15, 0.2) is 17.1 Å². The molecule has 29 heavy (non-hydrogen) atoms. The first-order chi connectivity index (χ1) is 13.5. The fourth-order valence-electron chi connectivity index (χ4n) is 3.98. The Bertz CT molecular complexity index is 756. The molecule has 3 atom stereocenters. The van der Waals surface area contributed by atoms with Gasteiger partial charge in [0.15, 0.2) is 5.96 Å². The van der Waals surface area contributed by atoms with E-state index < -0.39 is 0 Å². The minimum absolute atomic E-state index is 0. The van der Waals surface area contributed by atoms with Crippen LogP contribution < -0.4 is 14.8 Å². The first-order valence-corrected chi connectivity index (χ1v) is 9.94. The van der Waals surface area contributed by atoms with Gasteiger partial charge in [0.05, 0.1) is 26.7 Å². The Morgan fingerprint density at radius 3 is 2.72 bits per heavy atom. The highest BCUT2D eigenvalue weighted by Crippen LogP contribution is 2.35. The molecule has 0 aromatic heterocycles. The lowest BCUT2D eigenvalue weighted by Crippen LogP contribution is -2.40. The van der Waals surface area contributed by atoms with Crippen LogP contribution in [0.3, 0.4) is 0 Å². The molecule has 2 aliphatic heterocycles. The molecule has 0 bridgehead atoms. The molecule has 1 fully saturated rings. The first-order valence-electron chi connectivity index (χ1n) is 9.94. The summed E-state index contributed by atoms with van der Waals surface area (Å²) < 4.78 is 16.4. The number of rotatable bonds is 5. The maximum Gasteiger partial charge on any atom is 0.310 e. The van der Waals surface area contributed by atoms with Gasteiger partial charge < -0.3 is 24.4 Å². The molecular weight excluding hydrogens is 485 g/mol. The molecule has 0 saturated carbocycles. The van der Waals surface area contributed by atoms with Crippen molar-refractivity contribution < 1.29 is 19.0 Å². The summed E-state index contributed by atoms with van der Waals surface area (Å²) in [4.78, 5) is 19.0. The number of methoxy groups -OCH3 is 2. The van der Waals surface area contributed by atoms with E-state index >= 15 is 0 Å². The topological polar surface area (TPSA) is 72.4 Å². The SMILES string of the molecule is CCNC(=NCc1cc2c(cc1OC)CC(C)O2)N1CC(C)C(C(=O)OC)C1.I. The number of likely N-dealkylation sites (tertiary alicyclic amines) is 1. The zero-order chi connectivity index (χ0) is 20.3. The van der Waals surface area contributed by atoms with Crippen molar-refractivity contribution in [2.45, 2.75) is 39.8 Å². The molecule has 2 heterocycles. The van der Waals surface area contributed by atoms with Crippen LogP contribution in [-0.2, 0) is 22.5 Å². The van der Waals surface area contributed by atoms with Gasteiger partial charge in [-0.25, -0.2) is 4.99 Å². The average Bonchev–Trinajstić information content (AvgIpc) is 3.24. The Morgan fingerprint density at radius 2 is 2.07 bits per heavy atom. The second-order valence-corrected chi connectivity index (χ2v) is 7.59. The second-order valence-electron chi connectivity index (χ2n) is 7.59. The molecule has 0 spiro atoms. The lowest BCUT2D eigenvalue weighted by Gasteiger charge is -2.21. The smallest absolute Gasteiger partial charge is 0.310 e. The van der Waals surface area contributed by atoms with E-state index in [4.69, 9.17) is 19.2 Å². The molecule has 3 unspecified atom stereocenters. The zero-order valence-electron chi connectivity index (χ0n) is 17.9. The van der Waals surface area contributed by atoms with Gasteiger partial charge >= 0.3 is 5.97 Å². The second kappa shape index (κ2) is 10.4. The molecule has 1 aromatic carbocycles. The third kappa shape index (κ3) is 5.26. The van der Waals surface area contributed by atoms with E-state index in [1.54, 1.807) is 7.11 Å². The maximum atomic E-state index is 12.0. The van der Waals surface area contributed by atoms with Crippen molar-refractivity contribution in [3.63, 3.8) is 0 Å². The van der Waals surface area contributed by atoms with E-state index in [1.165, 1.54) is 12.7 Å². The minimum atomic E-state index is -0.155. The molecule has 0 radical (unpaired) electrons. The van der Waals surface area contributed by atoms with E-state index in [1.807, 2.05) is 13.0 Å². The number of aliphatic imine (C=N–C) groups is 1. The van der Waals surface area contributed by atoms with Crippen molar-refractivity contribution in [1.82, 2.24) is 10.2 Å². The number of hydrogen-bond acceptors (Lipinski definition) is 5. The molecule has 8 heteroatoms. The minimum Gasteiger partial charge on any atom is -0.496 e. The highest BCUT2D eigenvalue weighted by molar-refractivity contribution is 14.0. The average molecular weight is 517 g/mol. The number of halogens is 1. The number of nitrogens with zero attached hydrogens (tertiary/aromatic N) is 2. The van der Waals surface area contributed by atoms with Gasteiger partial charge in [-0.2, -0.15) is 0 Å². The Morgan fingerprint density at radius 1 is 1.31 bits per heavy atom. The van der Waals surface area contributed by atoms with Crippen LogP contribution >= 0.6 is 24.0 Å². The predicted molar refractivity (Wildman–Crippen MR) is 123 cm³/mol. The normalized spacial score (nSPS) is 23.1. The summed E-state index contributed by atoms with van der Waals surface area (Å²) in [6.07, 6.45) is 1.09. The third-order valence-electron chi connectivity index (χ3n) is 5.45. The zero-order valence-corrected chi connectivity index (χ0v) is 20.2. The Hall–Kier alpha value is -1.71. The standard InChI is InChI=1S/C21H31N3O4.HI/c1-6-22-21(24-11-13(2)17(12-24)20(25)27-5)23-10-16-9-19-15(7-14(3)28-19)8-18(16)26-4;/h8-9,13-14,17H,6-7,10-12H2,1-5H3,(H,22,23);1H. The van der Waals surface area contributed by atoms with Gasteiger partial charge in [0.1, 0.15) is 17.6 Å². The van der Waals surface area contributed by atoms with Crippen molar-refractivity contribution in [1.29, 1.82) is 0 Å². The van der Waals surface area contributed by atoms with Crippen LogP contribution in [0.25, 0.3) is 0 Å². The van der Waals surface area contributed by atoms with Crippen LogP contribution in [0.2, 0.25) is 0 Å². The summed E-state index contributed by atoms with van der Waals surface area (Å²) in [5, 5.41) is 3.34. The van der Waals surface area contributed by atoms with E-state index in [-0.39, 0.29) is 47.9 Å². The lowest BCUT2D eigenvalue weighted by molar-refractivity contribution is -0.145. The molecule has 0 aliphatic carbocycles. The fraction of sp³-hybridized carbons (Fsp3) is 0.619. The van der Waals surface area contributed by atoms with Crippen molar-refractivity contribution in [2.24, 2.45) is 16.8 Å². The van der Waals surface area contributed by atoms with Crippen molar-refractivity contribution in [3.05, 3.63) is 23.3 Å². The Labute approximate surface area is 190 Å². The number of benzene rings is 1. The van der Waals surface area contributed by atoms with E-state index in [2.05, 4.69) is 30.1 Å². The van der Waals surface area contributed by atoms with Crippen LogP contribution in [0.1, 0.15) is 31.9 Å². The highest BCUT2D eigenvalue weighted by atomic mass is 127. The largest absolute Gasteiger partial charge is 0.496 e. The van der Waals surface area contributed by atoms with E-state index in [9.17, 15) is 4.79 Å². The maximum absolute atomic E-state index is 12.0. The lowest BCUT2D eigenvalue weighted by atomic mass is 9.99. The molecular formula is C21H32IN3O4. The molecule has 1 aromatic rings. The quantitative estimate of drug-likeness (QED) is 0.281. The van der Waals surface area contributed by atoms with Gasteiger partial charge in [-0.1, -0.05) is 6.92 Å². The fourth-order valence-corrected chi connectivity index (χ4v) is 3.98. The number of carbonyl (C=O) groups excluding carboxylic acids is 1. The highest BCUT2D eigenvalue weighted by Gasteiger charge is 2.36. The van der Waals surface area contributed by atoms with Crippen LogP contribution in [0, 0.1) is 11.8 Å². The van der Waals surface area contributed by atoms with Crippen LogP contribution in [-0.4, -0.2) is 56.8 Å². The number of ether oxygens (including phenoxy) is 3. The molecule has 1 N–H and O–H groups in total. The summed E-state index contributed by atoms with van der Waals surface area (Å²) in [5.74, 6) is 2.50. The number of nitrogens with one attached hydrogen (secondary N) is 1. The van der Waals surface area contributed by atoms with Crippen molar-refractivity contribution in [3.8, 4) is 11.5 Å². The van der Waals surface area contributed by atoms with Gasteiger partial charge in [-0.3, -0.25) is 4.79 Å². The van der Waals surface area contributed by atoms with Gasteiger partial charge in [0.25, 0.3) is 0 Å². The van der Waals surface area contributed by atoms with E-state index in [0.29, 0.717) is 13.1 Å². The summed E-state index contributed by atoms with van der Waals surface area (Å²) in [6.45, 7) is 8.80. The molecule has 2 aliphatic rings. The summed E-state index contributed by atoms with van der Waals surface area (Å²) >= 11 is 0. The summed E-state index contributed by atoms with van der Waals surface area (Å²) in [7, 11) is 3.13. The molecule has 7 nitrogen and oxygen atoms in total. The number of fused-ring (bicyclic) bond motifs is 1. The van der Waals surface area contributed by atoms with Gasteiger partial charge in [-0.05, 0) is 31.9 Å². The number of guanidine groups is 1.